The molecule has 0 amide bonds. The van der Waals surface area contributed by atoms with Crippen LogP contribution in [0.15, 0.2) is 42.6 Å². The van der Waals surface area contributed by atoms with Crippen LogP contribution in [0.1, 0.15) is 42.6 Å². The first-order chi connectivity index (χ1) is 15.1. The Morgan fingerprint density at radius 3 is 2.38 bits per heavy atom. The molecule has 4 rings (SSSR count). The number of hydrogen-bond donors (Lipinski definition) is 0. The van der Waals surface area contributed by atoms with E-state index in [0.29, 0.717) is 23.1 Å². The third-order valence-corrected chi connectivity index (χ3v) is 6.53. The fourth-order valence-corrected chi connectivity index (χ4v) is 4.50. The van der Waals surface area contributed by atoms with Crippen LogP contribution < -0.4 is 0 Å². The first-order valence-corrected chi connectivity index (χ1v) is 10.7. The number of aromatic nitrogens is 2. The van der Waals surface area contributed by atoms with E-state index in [9.17, 15) is 17.6 Å². The summed E-state index contributed by atoms with van der Waals surface area (Å²) in [5, 5.41) is 4.80. The molecule has 0 aliphatic carbocycles. The summed E-state index contributed by atoms with van der Waals surface area (Å²) in [5.41, 5.74) is 0.881. The van der Waals surface area contributed by atoms with Gasteiger partial charge in [0.15, 0.2) is 0 Å². The number of ether oxygens (including phenoxy) is 1. The van der Waals surface area contributed by atoms with Gasteiger partial charge >= 0.3 is 6.18 Å². The normalized spacial score (nSPS) is 18.2. The van der Waals surface area contributed by atoms with Crippen LogP contribution in [0, 0.1) is 5.82 Å². The SMILES string of the molecule is CC(OCC1(c2ccc(F)cc2)CCN(C)CC1)c1cc(C(F)(F)F)cc2cn(C)nc12. The van der Waals surface area contributed by atoms with Gasteiger partial charge in [0.05, 0.1) is 23.8 Å². The molecular weight excluding hydrogens is 422 g/mol. The van der Waals surface area contributed by atoms with Gasteiger partial charge < -0.3 is 9.64 Å². The Morgan fingerprint density at radius 2 is 1.75 bits per heavy atom. The maximum Gasteiger partial charge on any atom is 0.416 e. The van der Waals surface area contributed by atoms with Crippen molar-refractivity contribution in [2.45, 2.75) is 37.5 Å². The van der Waals surface area contributed by atoms with Crippen molar-refractivity contribution in [1.29, 1.82) is 0 Å². The Bertz CT molecular complexity index is 1080. The molecule has 0 radical (unpaired) electrons. The average Bonchev–Trinajstić information content (AvgIpc) is 3.13. The van der Waals surface area contributed by atoms with Crippen molar-refractivity contribution in [3.05, 3.63) is 65.1 Å². The molecule has 0 N–H and O–H groups in total. The molecule has 4 nitrogen and oxygen atoms in total. The molecule has 0 spiro atoms. The predicted molar refractivity (Wildman–Crippen MR) is 115 cm³/mol. The number of hydrogen-bond acceptors (Lipinski definition) is 3. The second kappa shape index (κ2) is 8.48. The predicted octanol–water partition coefficient (Wildman–Crippen LogP) is 5.47. The van der Waals surface area contributed by atoms with Gasteiger partial charge in [-0.1, -0.05) is 12.1 Å². The van der Waals surface area contributed by atoms with E-state index in [4.69, 9.17) is 4.74 Å². The molecule has 2 heterocycles. The van der Waals surface area contributed by atoms with Gasteiger partial charge in [-0.05, 0) is 69.7 Å². The maximum absolute atomic E-state index is 13.5. The van der Waals surface area contributed by atoms with Crippen LogP contribution >= 0.6 is 0 Å². The molecule has 1 aromatic heterocycles. The van der Waals surface area contributed by atoms with Crippen molar-refractivity contribution >= 4 is 10.9 Å². The van der Waals surface area contributed by atoms with Gasteiger partial charge in [-0.2, -0.15) is 18.3 Å². The van der Waals surface area contributed by atoms with Crippen LogP contribution in [0.25, 0.3) is 10.9 Å². The largest absolute Gasteiger partial charge is 0.416 e. The Hall–Kier alpha value is -2.45. The summed E-state index contributed by atoms with van der Waals surface area (Å²) >= 11 is 0. The molecule has 32 heavy (non-hydrogen) atoms. The van der Waals surface area contributed by atoms with Crippen LogP contribution in [0.2, 0.25) is 0 Å². The lowest BCUT2D eigenvalue weighted by Gasteiger charge is -2.41. The number of rotatable bonds is 5. The van der Waals surface area contributed by atoms with Crippen molar-refractivity contribution in [3.63, 3.8) is 0 Å². The third kappa shape index (κ3) is 4.52. The topological polar surface area (TPSA) is 30.3 Å². The lowest BCUT2D eigenvalue weighted by atomic mass is 9.73. The Kier molecular flexibility index (Phi) is 6.02. The summed E-state index contributed by atoms with van der Waals surface area (Å²) in [4.78, 5) is 2.23. The quantitative estimate of drug-likeness (QED) is 0.484. The van der Waals surface area contributed by atoms with E-state index in [2.05, 4.69) is 17.0 Å². The molecule has 1 saturated heterocycles. The fraction of sp³-hybridized carbons (Fsp3) is 0.458. The van der Waals surface area contributed by atoms with E-state index in [-0.39, 0.29) is 11.2 Å². The van der Waals surface area contributed by atoms with E-state index in [1.165, 1.54) is 16.8 Å². The molecule has 172 valence electrons. The molecule has 1 aliphatic rings. The van der Waals surface area contributed by atoms with Gasteiger partial charge in [0.2, 0.25) is 0 Å². The molecule has 1 aliphatic heterocycles. The Balaban J connectivity index is 1.64. The fourth-order valence-electron chi connectivity index (χ4n) is 4.50. The van der Waals surface area contributed by atoms with Gasteiger partial charge in [-0.3, -0.25) is 4.68 Å². The van der Waals surface area contributed by atoms with Crippen LogP contribution in [-0.2, 0) is 23.4 Å². The lowest BCUT2D eigenvalue weighted by molar-refractivity contribution is -0.137. The minimum atomic E-state index is -4.46. The standard InChI is InChI=1S/C24H27F4N3O/c1-16(21-13-19(24(26,27)28)12-17-14-31(3)29-22(17)21)32-15-23(8-10-30(2)11-9-23)18-4-6-20(25)7-5-18/h4-7,12-14,16H,8-11,15H2,1-3H3. The van der Waals surface area contributed by atoms with E-state index in [0.717, 1.165) is 43.6 Å². The van der Waals surface area contributed by atoms with Crippen LogP contribution in [0.4, 0.5) is 17.6 Å². The van der Waals surface area contributed by atoms with Crippen LogP contribution in [0.3, 0.4) is 0 Å². The lowest BCUT2D eigenvalue weighted by Crippen LogP contribution is -2.44. The van der Waals surface area contributed by atoms with Crippen LogP contribution in [0.5, 0.6) is 0 Å². The number of fused-ring (bicyclic) bond motifs is 1. The zero-order valence-electron chi connectivity index (χ0n) is 18.4. The number of alkyl halides is 3. The maximum atomic E-state index is 13.5. The second-order valence-electron chi connectivity index (χ2n) is 8.85. The smallest absolute Gasteiger partial charge is 0.373 e. The van der Waals surface area contributed by atoms with Gasteiger partial charge in [0.25, 0.3) is 0 Å². The second-order valence-corrected chi connectivity index (χ2v) is 8.85. The van der Waals surface area contributed by atoms with Crippen molar-refractivity contribution in [3.8, 4) is 0 Å². The highest BCUT2D eigenvalue weighted by Gasteiger charge is 2.37. The van der Waals surface area contributed by atoms with E-state index < -0.39 is 17.8 Å². The van der Waals surface area contributed by atoms with E-state index in [1.807, 2.05) is 0 Å². The molecule has 2 aromatic carbocycles. The molecule has 0 bridgehead atoms. The Morgan fingerprint density at radius 1 is 1.09 bits per heavy atom. The van der Waals surface area contributed by atoms with Crippen LogP contribution in [-0.4, -0.2) is 41.4 Å². The summed E-state index contributed by atoms with van der Waals surface area (Å²) in [7, 11) is 3.74. The number of piperidine rings is 1. The first kappa shape index (κ1) is 22.7. The van der Waals surface area contributed by atoms with Gasteiger partial charge in [0.1, 0.15) is 5.82 Å². The summed E-state index contributed by atoms with van der Waals surface area (Å²) in [5.74, 6) is -0.298. The molecule has 1 atom stereocenters. The molecular formula is C24H27F4N3O. The number of aryl methyl sites for hydroxylation is 1. The third-order valence-electron chi connectivity index (χ3n) is 6.53. The van der Waals surface area contributed by atoms with Crippen molar-refractivity contribution in [1.82, 2.24) is 14.7 Å². The number of nitrogens with zero attached hydrogens (tertiary/aromatic N) is 3. The van der Waals surface area contributed by atoms with E-state index >= 15 is 0 Å². The van der Waals surface area contributed by atoms with Gasteiger partial charge in [0, 0.05) is 29.6 Å². The Labute approximate surface area is 184 Å². The van der Waals surface area contributed by atoms with Crippen molar-refractivity contribution < 1.29 is 22.3 Å². The highest BCUT2D eigenvalue weighted by Crippen LogP contribution is 2.39. The molecule has 1 fully saturated rings. The highest BCUT2D eigenvalue weighted by atomic mass is 19.4. The minimum Gasteiger partial charge on any atom is -0.373 e. The van der Waals surface area contributed by atoms with Crippen molar-refractivity contribution in [2.75, 3.05) is 26.7 Å². The summed E-state index contributed by atoms with van der Waals surface area (Å²) < 4.78 is 61.8. The summed E-state index contributed by atoms with van der Waals surface area (Å²) in [6.45, 7) is 3.82. The molecule has 3 aromatic rings. The molecule has 1 unspecified atom stereocenters. The molecule has 0 saturated carbocycles. The average molecular weight is 449 g/mol. The summed E-state index contributed by atoms with van der Waals surface area (Å²) in [6.07, 6.45) is -1.82. The highest BCUT2D eigenvalue weighted by molar-refractivity contribution is 5.83. The van der Waals surface area contributed by atoms with Crippen molar-refractivity contribution in [2.24, 2.45) is 7.05 Å². The minimum absolute atomic E-state index is 0.298. The van der Waals surface area contributed by atoms with E-state index in [1.54, 1.807) is 32.3 Å². The van der Waals surface area contributed by atoms with Gasteiger partial charge in [-0.25, -0.2) is 4.39 Å². The summed E-state index contributed by atoms with van der Waals surface area (Å²) in [6, 6.07) is 8.73. The monoisotopic (exact) mass is 449 g/mol. The number of benzene rings is 2. The number of likely N-dealkylation sites (tertiary alicyclic amines) is 1. The molecule has 8 heteroatoms. The first-order valence-electron chi connectivity index (χ1n) is 10.7. The zero-order valence-corrected chi connectivity index (χ0v) is 18.4. The zero-order chi connectivity index (χ0) is 23.1. The number of halogens is 4. The van der Waals surface area contributed by atoms with Gasteiger partial charge in [-0.15, -0.1) is 0 Å².